The van der Waals surface area contributed by atoms with Gasteiger partial charge in [0.15, 0.2) is 0 Å². The van der Waals surface area contributed by atoms with Gasteiger partial charge in [0.2, 0.25) is 0 Å². The highest BCUT2D eigenvalue weighted by molar-refractivity contribution is 5.81. The summed E-state index contributed by atoms with van der Waals surface area (Å²) in [7, 11) is 2.04. The summed E-state index contributed by atoms with van der Waals surface area (Å²) >= 11 is 0. The van der Waals surface area contributed by atoms with Gasteiger partial charge in [-0.1, -0.05) is 0 Å². The Bertz CT molecular complexity index is 185. The number of likely N-dealkylation sites (tertiary alicyclic amines) is 1. The van der Waals surface area contributed by atoms with Gasteiger partial charge in [-0.3, -0.25) is 10.2 Å². The molecule has 1 aliphatic heterocycles. The highest BCUT2D eigenvalue weighted by atomic mass is 16.2. The molecule has 76 valence electrons. The van der Waals surface area contributed by atoms with Crippen molar-refractivity contribution >= 4 is 5.91 Å². The van der Waals surface area contributed by atoms with Crippen molar-refractivity contribution in [3.8, 4) is 0 Å². The number of hydrazine groups is 1. The van der Waals surface area contributed by atoms with E-state index < -0.39 is 6.04 Å². The predicted molar refractivity (Wildman–Crippen MR) is 50.5 cm³/mol. The maximum Gasteiger partial charge on any atom is 0.251 e. The lowest BCUT2D eigenvalue weighted by molar-refractivity contribution is -0.124. The fourth-order valence-corrected chi connectivity index (χ4v) is 1.81. The van der Waals surface area contributed by atoms with E-state index in [1.54, 1.807) is 0 Å². The third-order valence-corrected chi connectivity index (χ3v) is 2.61. The summed E-state index contributed by atoms with van der Waals surface area (Å²) in [5, 5.41) is 0. The van der Waals surface area contributed by atoms with Crippen LogP contribution in [0.25, 0.3) is 0 Å². The fourth-order valence-electron chi connectivity index (χ4n) is 1.81. The first-order chi connectivity index (χ1) is 6.15. The summed E-state index contributed by atoms with van der Waals surface area (Å²) in [4.78, 5) is 13.3. The first-order valence-electron chi connectivity index (χ1n) is 4.59. The van der Waals surface area contributed by atoms with Gasteiger partial charge in [0.25, 0.3) is 5.91 Å². The molecular weight excluding hydrogens is 168 g/mol. The largest absolute Gasteiger partial charge is 0.320 e. The number of amides is 1. The molecule has 5 heteroatoms. The first kappa shape index (κ1) is 10.4. The summed E-state index contributed by atoms with van der Waals surface area (Å²) in [5.74, 6) is 5.00. The Labute approximate surface area is 78.4 Å². The summed E-state index contributed by atoms with van der Waals surface area (Å²) in [5.41, 5.74) is 7.84. The van der Waals surface area contributed by atoms with Gasteiger partial charge in [-0.15, -0.1) is 0 Å². The smallest absolute Gasteiger partial charge is 0.251 e. The monoisotopic (exact) mass is 186 g/mol. The number of nitrogens with two attached hydrogens (primary N) is 2. The molecule has 0 radical (unpaired) electrons. The molecule has 0 spiro atoms. The molecule has 1 fully saturated rings. The Morgan fingerprint density at radius 2 is 2.38 bits per heavy atom. The summed E-state index contributed by atoms with van der Waals surface area (Å²) < 4.78 is 0. The molecule has 2 unspecified atom stereocenters. The molecule has 0 aliphatic carbocycles. The van der Waals surface area contributed by atoms with Crippen molar-refractivity contribution < 1.29 is 4.79 Å². The fraction of sp³-hybridized carbons (Fsp3) is 0.875. The van der Waals surface area contributed by atoms with E-state index in [4.69, 9.17) is 11.6 Å². The summed E-state index contributed by atoms with van der Waals surface area (Å²) in [6, 6.07) is -0.465. The van der Waals surface area contributed by atoms with Crippen LogP contribution in [0.3, 0.4) is 0 Å². The third kappa shape index (κ3) is 2.65. The van der Waals surface area contributed by atoms with Gasteiger partial charge in [0, 0.05) is 6.54 Å². The lowest BCUT2D eigenvalue weighted by atomic mass is 9.91. The van der Waals surface area contributed by atoms with Crippen molar-refractivity contribution in [3.63, 3.8) is 0 Å². The second-order valence-electron chi connectivity index (χ2n) is 3.70. The Balaban J connectivity index is 2.45. The molecule has 13 heavy (non-hydrogen) atoms. The molecule has 2 atom stereocenters. The zero-order chi connectivity index (χ0) is 9.84. The number of carbonyl (C=O) groups is 1. The highest BCUT2D eigenvalue weighted by Crippen LogP contribution is 2.17. The summed E-state index contributed by atoms with van der Waals surface area (Å²) in [6.45, 7) is 1.97. The lowest BCUT2D eigenvalue weighted by Crippen LogP contribution is -2.52. The molecule has 5 N–H and O–H groups in total. The zero-order valence-electron chi connectivity index (χ0n) is 7.99. The molecule has 0 saturated carbocycles. The molecule has 1 amide bonds. The Morgan fingerprint density at radius 1 is 1.69 bits per heavy atom. The van der Waals surface area contributed by atoms with Crippen LogP contribution in [0.1, 0.15) is 12.8 Å². The number of carbonyl (C=O) groups excluding carboxylic acids is 1. The molecule has 0 bridgehead atoms. The van der Waals surface area contributed by atoms with Gasteiger partial charge in [-0.05, 0) is 32.4 Å². The molecule has 1 aliphatic rings. The number of rotatable bonds is 2. The van der Waals surface area contributed by atoms with E-state index in [1.807, 2.05) is 7.05 Å². The topological polar surface area (TPSA) is 84.4 Å². The van der Waals surface area contributed by atoms with Crippen LogP contribution in [-0.4, -0.2) is 37.0 Å². The SMILES string of the molecule is CN1CCCC(C(N)C(=O)NN)C1. The van der Waals surface area contributed by atoms with Crippen LogP contribution in [0.2, 0.25) is 0 Å². The van der Waals surface area contributed by atoms with E-state index >= 15 is 0 Å². The van der Waals surface area contributed by atoms with Crippen molar-refractivity contribution in [2.75, 3.05) is 20.1 Å². The Hall–Kier alpha value is -0.650. The molecule has 0 aromatic carbocycles. The minimum atomic E-state index is -0.465. The number of piperidine rings is 1. The van der Waals surface area contributed by atoms with E-state index in [9.17, 15) is 4.79 Å². The molecule has 1 rings (SSSR count). The number of hydrogen-bond donors (Lipinski definition) is 3. The van der Waals surface area contributed by atoms with E-state index in [2.05, 4.69) is 10.3 Å². The van der Waals surface area contributed by atoms with Crippen LogP contribution in [-0.2, 0) is 4.79 Å². The predicted octanol–water partition coefficient (Wildman–Crippen LogP) is -1.35. The minimum absolute atomic E-state index is 0.238. The van der Waals surface area contributed by atoms with Gasteiger partial charge >= 0.3 is 0 Å². The van der Waals surface area contributed by atoms with Crippen molar-refractivity contribution in [1.82, 2.24) is 10.3 Å². The molecule has 0 aromatic rings. The van der Waals surface area contributed by atoms with Gasteiger partial charge in [0.05, 0.1) is 6.04 Å². The number of nitrogens with one attached hydrogen (secondary N) is 1. The summed E-state index contributed by atoms with van der Waals surface area (Å²) in [6.07, 6.45) is 2.12. The van der Waals surface area contributed by atoms with Gasteiger partial charge < -0.3 is 10.6 Å². The first-order valence-corrected chi connectivity index (χ1v) is 4.59. The van der Waals surface area contributed by atoms with Crippen LogP contribution in [0.5, 0.6) is 0 Å². The minimum Gasteiger partial charge on any atom is -0.320 e. The van der Waals surface area contributed by atoms with Crippen LogP contribution in [0.4, 0.5) is 0 Å². The van der Waals surface area contributed by atoms with Crippen molar-refractivity contribution in [2.45, 2.75) is 18.9 Å². The van der Waals surface area contributed by atoms with Crippen molar-refractivity contribution in [3.05, 3.63) is 0 Å². The van der Waals surface area contributed by atoms with Gasteiger partial charge in [-0.2, -0.15) is 0 Å². The zero-order valence-corrected chi connectivity index (χ0v) is 7.99. The second-order valence-corrected chi connectivity index (χ2v) is 3.70. The lowest BCUT2D eigenvalue weighted by Gasteiger charge is -2.32. The average Bonchev–Trinajstić information content (AvgIpc) is 2.15. The highest BCUT2D eigenvalue weighted by Gasteiger charge is 2.27. The Morgan fingerprint density at radius 3 is 2.92 bits per heavy atom. The normalized spacial score (nSPS) is 26.8. The van der Waals surface area contributed by atoms with Crippen LogP contribution in [0.15, 0.2) is 0 Å². The molecule has 5 nitrogen and oxygen atoms in total. The van der Waals surface area contributed by atoms with Gasteiger partial charge in [-0.25, -0.2) is 5.84 Å². The van der Waals surface area contributed by atoms with Crippen molar-refractivity contribution in [1.29, 1.82) is 0 Å². The molecular formula is C8H18N4O. The van der Waals surface area contributed by atoms with E-state index in [0.29, 0.717) is 0 Å². The van der Waals surface area contributed by atoms with Crippen LogP contribution < -0.4 is 17.0 Å². The Kier molecular flexibility index (Phi) is 3.65. The van der Waals surface area contributed by atoms with Crippen LogP contribution in [0, 0.1) is 5.92 Å². The average molecular weight is 186 g/mol. The number of nitrogens with zero attached hydrogens (tertiary/aromatic N) is 1. The maximum absolute atomic E-state index is 11.1. The molecule has 1 saturated heterocycles. The quantitative estimate of drug-likeness (QED) is 0.283. The van der Waals surface area contributed by atoms with E-state index in [-0.39, 0.29) is 11.8 Å². The standard InChI is InChI=1S/C8H18N4O/c1-12-4-2-3-6(5-12)7(9)8(13)11-10/h6-7H,2-5,9-10H2,1H3,(H,11,13). The van der Waals surface area contributed by atoms with Gasteiger partial charge in [0.1, 0.15) is 0 Å². The van der Waals surface area contributed by atoms with Crippen LogP contribution >= 0.6 is 0 Å². The van der Waals surface area contributed by atoms with E-state index in [1.165, 1.54) is 0 Å². The molecule has 1 heterocycles. The maximum atomic E-state index is 11.1. The van der Waals surface area contributed by atoms with E-state index in [0.717, 1.165) is 25.9 Å². The third-order valence-electron chi connectivity index (χ3n) is 2.61. The number of hydrogen-bond acceptors (Lipinski definition) is 4. The molecule has 0 aromatic heterocycles. The second kappa shape index (κ2) is 4.55. The van der Waals surface area contributed by atoms with Crippen molar-refractivity contribution in [2.24, 2.45) is 17.5 Å².